The van der Waals surface area contributed by atoms with Gasteiger partial charge in [-0.05, 0) is 49.9 Å². The molecule has 1 saturated carbocycles. The summed E-state index contributed by atoms with van der Waals surface area (Å²) in [6.45, 7) is 1.22. The fourth-order valence-electron chi connectivity index (χ4n) is 3.17. The summed E-state index contributed by atoms with van der Waals surface area (Å²) in [7, 11) is 0. The van der Waals surface area contributed by atoms with Crippen LogP contribution in [0.5, 0.6) is 0 Å². The first-order valence-corrected chi connectivity index (χ1v) is 8.83. The normalized spacial score (nSPS) is 24.4. The van der Waals surface area contributed by atoms with Gasteiger partial charge in [0.2, 0.25) is 5.91 Å². The molecule has 3 rings (SSSR count). The number of carbonyl (C=O) groups excluding carboxylic acids is 2. The predicted molar refractivity (Wildman–Crippen MR) is 94.9 cm³/mol. The Morgan fingerprint density at radius 1 is 1.00 bits per heavy atom. The second-order valence-corrected chi connectivity index (χ2v) is 6.67. The summed E-state index contributed by atoms with van der Waals surface area (Å²) in [6, 6.07) is 6.38. The van der Waals surface area contributed by atoms with Crippen molar-refractivity contribution in [3.63, 3.8) is 0 Å². The highest BCUT2D eigenvalue weighted by Gasteiger charge is 2.41. The van der Waals surface area contributed by atoms with Crippen molar-refractivity contribution in [2.45, 2.75) is 31.8 Å². The predicted octanol–water partition coefficient (Wildman–Crippen LogP) is 2.04. The average molecular weight is 361 g/mol. The van der Waals surface area contributed by atoms with Crippen molar-refractivity contribution in [3.8, 4) is 0 Å². The molecule has 1 aromatic rings. The molecule has 8 heteroatoms. The minimum Gasteiger partial charge on any atom is -0.481 e. The monoisotopic (exact) mass is 361 g/mol. The molecule has 2 fully saturated rings. The van der Waals surface area contributed by atoms with Crippen molar-refractivity contribution in [3.05, 3.63) is 24.3 Å². The van der Waals surface area contributed by atoms with Crippen LogP contribution >= 0.6 is 0 Å². The molecular weight excluding hydrogens is 338 g/mol. The van der Waals surface area contributed by atoms with Crippen molar-refractivity contribution >= 4 is 29.3 Å². The zero-order valence-electron chi connectivity index (χ0n) is 14.4. The maximum Gasteiger partial charge on any atom is 0.319 e. The molecule has 3 unspecified atom stereocenters. The lowest BCUT2D eigenvalue weighted by Crippen LogP contribution is -2.41. The molecule has 8 nitrogen and oxygen atoms in total. The van der Waals surface area contributed by atoms with Crippen LogP contribution in [0.3, 0.4) is 0 Å². The molecule has 1 aliphatic heterocycles. The molecular formula is C18H23N3O5. The number of benzene rings is 1. The van der Waals surface area contributed by atoms with E-state index in [-0.39, 0.29) is 18.0 Å². The molecule has 1 saturated heterocycles. The van der Waals surface area contributed by atoms with Gasteiger partial charge in [-0.25, -0.2) is 4.79 Å². The molecule has 0 spiro atoms. The fraction of sp³-hybridized carbons (Fsp3) is 0.500. The number of carboxylic acid groups (broad SMARTS) is 1. The van der Waals surface area contributed by atoms with Crippen LogP contribution in [0.25, 0.3) is 0 Å². The number of amides is 3. The number of carbonyl (C=O) groups is 3. The molecule has 3 atom stereocenters. The van der Waals surface area contributed by atoms with E-state index >= 15 is 0 Å². The maximum absolute atomic E-state index is 12.1. The van der Waals surface area contributed by atoms with E-state index in [2.05, 4.69) is 16.0 Å². The summed E-state index contributed by atoms with van der Waals surface area (Å²) in [4.78, 5) is 35.0. The SMILES string of the molecule is O=C(NCC1CCCO1)Nc1ccc(NC(=O)C2CCC2C(=O)O)cc1. The number of ether oxygens (including phenoxy) is 1. The van der Waals surface area contributed by atoms with Gasteiger partial charge in [0.15, 0.2) is 0 Å². The minimum atomic E-state index is -0.926. The van der Waals surface area contributed by atoms with Crippen LogP contribution < -0.4 is 16.0 Å². The van der Waals surface area contributed by atoms with Gasteiger partial charge in [-0.2, -0.15) is 0 Å². The van der Waals surface area contributed by atoms with Crippen molar-refractivity contribution < 1.29 is 24.2 Å². The van der Waals surface area contributed by atoms with E-state index in [0.29, 0.717) is 30.8 Å². The maximum atomic E-state index is 12.1. The summed E-state index contributed by atoms with van der Waals surface area (Å²) >= 11 is 0. The molecule has 1 heterocycles. The standard InChI is InChI=1S/C18H23N3O5/c22-16(14-7-8-15(14)17(23)24)20-11-3-5-12(6-4-11)21-18(25)19-10-13-2-1-9-26-13/h3-6,13-15H,1-2,7-10H2,(H,20,22)(H,23,24)(H2,19,21,25). The highest BCUT2D eigenvalue weighted by molar-refractivity contribution is 5.96. The number of carboxylic acids is 1. The van der Waals surface area contributed by atoms with E-state index in [0.717, 1.165) is 19.4 Å². The molecule has 4 N–H and O–H groups in total. The van der Waals surface area contributed by atoms with Crippen LogP contribution in [0.15, 0.2) is 24.3 Å². The number of anilines is 2. The van der Waals surface area contributed by atoms with Crippen molar-refractivity contribution in [2.75, 3.05) is 23.8 Å². The number of urea groups is 1. The molecule has 1 aliphatic carbocycles. The molecule has 0 aromatic heterocycles. The van der Waals surface area contributed by atoms with Gasteiger partial charge < -0.3 is 25.8 Å². The Labute approximate surface area is 151 Å². The first-order valence-electron chi connectivity index (χ1n) is 8.83. The molecule has 140 valence electrons. The minimum absolute atomic E-state index is 0.0828. The van der Waals surface area contributed by atoms with E-state index < -0.39 is 17.8 Å². The third kappa shape index (κ3) is 4.51. The second kappa shape index (κ2) is 8.18. The van der Waals surface area contributed by atoms with Crippen molar-refractivity contribution in [1.82, 2.24) is 5.32 Å². The number of nitrogens with one attached hydrogen (secondary N) is 3. The van der Waals surface area contributed by atoms with Crippen molar-refractivity contribution in [2.24, 2.45) is 11.8 Å². The van der Waals surface area contributed by atoms with Crippen LogP contribution in [0.2, 0.25) is 0 Å². The van der Waals surface area contributed by atoms with E-state index in [9.17, 15) is 14.4 Å². The number of hydrogen-bond donors (Lipinski definition) is 4. The number of rotatable bonds is 6. The van der Waals surface area contributed by atoms with Crippen LogP contribution in [0, 0.1) is 11.8 Å². The first kappa shape index (κ1) is 18.2. The summed E-state index contributed by atoms with van der Waals surface area (Å²) in [5.74, 6) is -2.28. The van der Waals surface area contributed by atoms with E-state index in [4.69, 9.17) is 9.84 Å². The van der Waals surface area contributed by atoms with E-state index in [1.54, 1.807) is 24.3 Å². The third-order valence-corrected chi connectivity index (χ3v) is 4.85. The lowest BCUT2D eigenvalue weighted by atomic mass is 9.73. The quantitative estimate of drug-likeness (QED) is 0.619. The van der Waals surface area contributed by atoms with Gasteiger partial charge in [0.25, 0.3) is 0 Å². The Kier molecular flexibility index (Phi) is 5.72. The summed E-state index contributed by atoms with van der Waals surface area (Å²) < 4.78 is 5.44. The Morgan fingerprint density at radius 3 is 2.19 bits per heavy atom. The van der Waals surface area contributed by atoms with E-state index in [1.165, 1.54) is 0 Å². The summed E-state index contributed by atoms with van der Waals surface area (Å²) in [5, 5.41) is 17.2. The highest BCUT2D eigenvalue weighted by Crippen LogP contribution is 2.35. The molecule has 2 aliphatic rings. The molecule has 0 radical (unpaired) electrons. The lowest BCUT2D eigenvalue weighted by molar-refractivity contribution is -0.151. The topological polar surface area (TPSA) is 117 Å². The Hall–Kier alpha value is -2.61. The largest absolute Gasteiger partial charge is 0.481 e. The number of aliphatic carboxylic acids is 1. The fourth-order valence-corrected chi connectivity index (χ4v) is 3.17. The van der Waals surface area contributed by atoms with Gasteiger partial charge in [0.1, 0.15) is 0 Å². The van der Waals surface area contributed by atoms with Gasteiger partial charge in [0, 0.05) is 24.5 Å². The molecule has 1 aromatic carbocycles. The van der Waals surface area contributed by atoms with Gasteiger partial charge in [0.05, 0.1) is 17.9 Å². The van der Waals surface area contributed by atoms with Gasteiger partial charge in [-0.3, -0.25) is 9.59 Å². The highest BCUT2D eigenvalue weighted by atomic mass is 16.5. The Morgan fingerprint density at radius 2 is 1.65 bits per heavy atom. The zero-order chi connectivity index (χ0) is 18.5. The average Bonchev–Trinajstić information content (AvgIpc) is 3.06. The smallest absolute Gasteiger partial charge is 0.319 e. The van der Waals surface area contributed by atoms with Crippen LogP contribution in [0.4, 0.5) is 16.2 Å². The number of hydrogen-bond acceptors (Lipinski definition) is 4. The second-order valence-electron chi connectivity index (χ2n) is 6.67. The van der Waals surface area contributed by atoms with Crippen LogP contribution in [0.1, 0.15) is 25.7 Å². The zero-order valence-corrected chi connectivity index (χ0v) is 14.4. The molecule has 0 bridgehead atoms. The third-order valence-electron chi connectivity index (χ3n) is 4.85. The Bertz CT molecular complexity index is 670. The van der Waals surface area contributed by atoms with Gasteiger partial charge >= 0.3 is 12.0 Å². The van der Waals surface area contributed by atoms with Crippen molar-refractivity contribution in [1.29, 1.82) is 0 Å². The lowest BCUT2D eigenvalue weighted by Gasteiger charge is -2.31. The molecule has 26 heavy (non-hydrogen) atoms. The van der Waals surface area contributed by atoms with Gasteiger partial charge in [-0.15, -0.1) is 0 Å². The molecule has 3 amide bonds. The Balaban J connectivity index is 1.45. The van der Waals surface area contributed by atoms with Crippen LogP contribution in [-0.4, -0.2) is 42.3 Å². The summed E-state index contributed by atoms with van der Waals surface area (Å²) in [5.41, 5.74) is 1.16. The van der Waals surface area contributed by atoms with Gasteiger partial charge in [-0.1, -0.05) is 0 Å². The van der Waals surface area contributed by atoms with Crippen LogP contribution in [-0.2, 0) is 14.3 Å². The first-order chi connectivity index (χ1) is 12.5. The summed E-state index contributed by atoms with van der Waals surface area (Å²) in [6.07, 6.45) is 3.19. The van der Waals surface area contributed by atoms with E-state index in [1.807, 2.05) is 0 Å².